The van der Waals surface area contributed by atoms with Gasteiger partial charge in [0.15, 0.2) is 0 Å². The highest BCUT2D eigenvalue weighted by Crippen LogP contribution is 2.38. The lowest BCUT2D eigenvalue weighted by Crippen LogP contribution is -2.38. The summed E-state index contributed by atoms with van der Waals surface area (Å²) < 4.78 is 37.4. The maximum atomic E-state index is 12.5. The second-order valence-corrected chi connectivity index (χ2v) is 6.13. The summed E-state index contributed by atoms with van der Waals surface area (Å²) in [6.07, 6.45) is 0.552. The monoisotopic (exact) mass is 321 g/mol. The molecule has 1 aromatic carbocycles. The highest BCUT2D eigenvalue weighted by molar-refractivity contribution is 8.00. The first-order chi connectivity index (χ1) is 9.73. The molecule has 0 bridgehead atoms. The first kappa shape index (κ1) is 17.8. The Morgan fingerprint density at radius 2 is 1.95 bits per heavy atom. The van der Waals surface area contributed by atoms with Crippen LogP contribution in [0.5, 0.6) is 0 Å². The molecule has 1 unspecified atom stereocenters. The van der Waals surface area contributed by atoms with Gasteiger partial charge in [-0.2, -0.15) is 13.2 Å². The van der Waals surface area contributed by atoms with E-state index < -0.39 is 17.5 Å². The topological polar surface area (TPSA) is 49.3 Å². The smallest absolute Gasteiger partial charge is 0.394 e. The van der Waals surface area contributed by atoms with Gasteiger partial charge in [0, 0.05) is 4.90 Å². The molecule has 0 saturated heterocycles. The Morgan fingerprint density at radius 1 is 1.33 bits per heavy atom. The summed E-state index contributed by atoms with van der Waals surface area (Å²) in [6, 6.07) is 5.08. The molecule has 0 spiro atoms. The Morgan fingerprint density at radius 3 is 2.48 bits per heavy atom. The fraction of sp³-hybridized carbons (Fsp3) is 0.500. The van der Waals surface area contributed by atoms with Crippen molar-refractivity contribution in [3.05, 3.63) is 29.8 Å². The van der Waals surface area contributed by atoms with Gasteiger partial charge in [-0.3, -0.25) is 4.79 Å². The minimum atomic E-state index is -4.45. The maximum absolute atomic E-state index is 12.5. The summed E-state index contributed by atoms with van der Waals surface area (Å²) in [5.41, 5.74) is -4.49. The Labute approximate surface area is 125 Å². The van der Waals surface area contributed by atoms with E-state index in [1.54, 1.807) is 0 Å². The van der Waals surface area contributed by atoms with Gasteiger partial charge >= 0.3 is 5.51 Å². The zero-order valence-corrected chi connectivity index (χ0v) is 12.6. The van der Waals surface area contributed by atoms with E-state index in [4.69, 9.17) is 0 Å². The van der Waals surface area contributed by atoms with Crippen molar-refractivity contribution in [2.24, 2.45) is 5.92 Å². The average molecular weight is 321 g/mol. The van der Waals surface area contributed by atoms with Crippen LogP contribution in [0.15, 0.2) is 29.2 Å². The van der Waals surface area contributed by atoms with Crippen molar-refractivity contribution < 1.29 is 23.1 Å². The van der Waals surface area contributed by atoms with Gasteiger partial charge in [0.2, 0.25) is 0 Å². The fourth-order valence-corrected chi connectivity index (χ4v) is 2.55. The van der Waals surface area contributed by atoms with Gasteiger partial charge in [-0.1, -0.05) is 26.0 Å². The van der Waals surface area contributed by atoms with E-state index in [0.717, 1.165) is 0 Å². The average Bonchev–Trinajstić information content (AvgIpc) is 2.35. The lowest BCUT2D eigenvalue weighted by atomic mass is 10.0. The second-order valence-electron chi connectivity index (χ2n) is 5.03. The number of thioether (sulfide) groups is 1. The third-order valence-corrected chi connectivity index (χ3v) is 3.48. The van der Waals surface area contributed by atoms with Crippen LogP contribution in [0.4, 0.5) is 13.2 Å². The lowest BCUT2D eigenvalue weighted by Gasteiger charge is -2.19. The van der Waals surface area contributed by atoms with Gasteiger partial charge in [0.25, 0.3) is 5.91 Å². The molecule has 1 atom stereocenters. The van der Waals surface area contributed by atoms with Crippen molar-refractivity contribution in [1.29, 1.82) is 0 Å². The summed E-state index contributed by atoms with van der Waals surface area (Å²) in [7, 11) is 0. The summed E-state index contributed by atoms with van der Waals surface area (Å²) in [6.45, 7) is 3.61. The summed E-state index contributed by atoms with van der Waals surface area (Å²) in [5.74, 6) is -0.357. The molecule has 1 rings (SSSR count). The number of nitrogens with one attached hydrogen (secondary N) is 1. The van der Waals surface area contributed by atoms with E-state index in [-0.39, 0.29) is 34.7 Å². The van der Waals surface area contributed by atoms with E-state index in [9.17, 15) is 23.1 Å². The highest BCUT2D eigenvalue weighted by Gasteiger charge is 2.31. The van der Waals surface area contributed by atoms with Gasteiger partial charge in [-0.25, -0.2) is 0 Å². The predicted octanol–water partition coefficient (Wildman–Crippen LogP) is 3.44. The van der Waals surface area contributed by atoms with E-state index in [1.807, 2.05) is 13.8 Å². The molecule has 0 aliphatic heterocycles. The zero-order chi connectivity index (χ0) is 16.0. The molecule has 1 amide bonds. The molecule has 0 saturated carbocycles. The third-order valence-electron chi connectivity index (χ3n) is 2.67. The van der Waals surface area contributed by atoms with Crippen molar-refractivity contribution >= 4 is 17.7 Å². The van der Waals surface area contributed by atoms with Gasteiger partial charge in [0.1, 0.15) is 0 Å². The first-order valence-corrected chi connectivity index (χ1v) is 7.31. The molecule has 0 radical (unpaired) electrons. The quantitative estimate of drug-likeness (QED) is 0.789. The SMILES string of the molecule is CC(C)CC(CO)NC(=O)c1ccccc1SC(F)(F)F. The standard InChI is InChI=1S/C14H18F3NO2S/c1-9(2)7-10(8-19)18-13(20)11-5-3-4-6-12(11)21-14(15,16)17/h3-6,9-10,19H,7-8H2,1-2H3,(H,18,20). The lowest BCUT2D eigenvalue weighted by molar-refractivity contribution is -0.0328. The predicted molar refractivity (Wildman–Crippen MR) is 76.1 cm³/mol. The van der Waals surface area contributed by atoms with E-state index in [1.165, 1.54) is 24.3 Å². The Kier molecular flexibility index (Phi) is 6.54. The summed E-state index contributed by atoms with van der Waals surface area (Å²) in [4.78, 5) is 11.9. The normalized spacial score (nSPS) is 13.3. The van der Waals surface area contributed by atoms with E-state index >= 15 is 0 Å². The fourth-order valence-electron chi connectivity index (χ4n) is 1.88. The van der Waals surface area contributed by atoms with Crippen LogP contribution in [0.1, 0.15) is 30.6 Å². The number of hydrogen-bond acceptors (Lipinski definition) is 3. The third kappa shape index (κ3) is 6.39. The molecule has 0 aliphatic rings. The molecule has 0 aromatic heterocycles. The number of benzene rings is 1. The van der Waals surface area contributed by atoms with Gasteiger partial charge in [-0.05, 0) is 36.2 Å². The molecule has 7 heteroatoms. The summed E-state index contributed by atoms with van der Waals surface area (Å²) >= 11 is -0.319. The number of amides is 1. The minimum Gasteiger partial charge on any atom is -0.394 e. The van der Waals surface area contributed by atoms with Crippen molar-refractivity contribution in [2.75, 3.05) is 6.61 Å². The highest BCUT2D eigenvalue weighted by atomic mass is 32.2. The van der Waals surface area contributed by atoms with Crippen molar-refractivity contribution in [3.8, 4) is 0 Å². The van der Waals surface area contributed by atoms with Crippen LogP contribution in [0.3, 0.4) is 0 Å². The molecule has 21 heavy (non-hydrogen) atoms. The second kappa shape index (κ2) is 7.70. The molecule has 0 heterocycles. The van der Waals surface area contributed by atoms with Gasteiger partial charge < -0.3 is 10.4 Å². The number of alkyl halides is 3. The van der Waals surface area contributed by atoms with Crippen LogP contribution in [0, 0.1) is 5.92 Å². The Bertz CT molecular complexity index is 478. The van der Waals surface area contributed by atoms with Crippen LogP contribution < -0.4 is 5.32 Å². The van der Waals surface area contributed by atoms with E-state index in [0.29, 0.717) is 6.42 Å². The van der Waals surface area contributed by atoms with Crippen LogP contribution in [-0.2, 0) is 0 Å². The minimum absolute atomic E-state index is 0.0398. The van der Waals surface area contributed by atoms with Crippen molar-refractivity contribution in [3.63, 3.8) is 0 Å². The van der Waals surface area contributed by atoms with Crippen LogP contribution in [0.25, 0.3) is 0 Å². The Hall–Kier alpha value is -1.21. The maximum Gasteiger partial charge on any atom is 0.446 e. The number of carbonyl (C=O) groups is 1. The van der Waals surface area contributed by atoms with E-state index in [2.05, 4.69) is 5.32 Å². The molecule has 0 aliphatic carbocycles. The number of aliphatic hydroxyl groups is 1. The van der Waals surface area contributed by atoms with Crippen LogP contribution >= 0.6 is 11.8 Å². The Balaban J connectivity index is 2.87. The number of carbonyl (C=O) groups excluding carboxylic acids is 1. The molecular weight excluding hydrogens is 303 g/mol. The zero-order valence-electron chi connectivity index (χ0n) is 11.8. The van der Waals surface area contributed by atoms with Crippen LogP contribution in [0.2, 0.25) is 0 Å². The molecule has 2 N–H and O–H groups in total. The molecule has 0 fully saturated rings. The van der Waals surface area contributed by atoms with Gasteiger partial charge in [0.05, 0.1) is 18.2 Å². The number of hydrogen-bond donors (Lipinski definition) is 2. The first-order valence-electron chi connectivity index (χ1n) is 6.49. The largest absolute Gasteiger partial charge is 0.446 e. The molecular formula is C14H18F3NO2S. The summed E-state index contributed by atoms with van der Waals surface area (Å²) in [5, 5.41) is 11.8. The van der Waals surface area contributed by atoms with Crippen molar-refractivity contribution in [2.45, 2.75) is 36.7 Å². The molecule has 3 nitrogen and oxygen atoms in total. The van der Waals surface area contributed by atoms with Gasteiger partial charge in [-0.15, -0.1) is 0 Å². The van der Waals surface area contributed by atoms with Crippen LogP contribution in [-0.4, -0.2) is 29.2 Å². The molecule has 1 aromatic rings. The molecule has 118 valence electrons. The number of halogens is 3. The number of rotatable bonds is 6. The number of aliphatic hydroxyl groups excluding tert-OH is 1. The van der Waals surface area contributed by atoms with Crippen molar-refractivity contribution in [1.82, 2.24) is 5.32 Å².